The van der Waals surface area contributed by atoms with Crippen molar-refractivity contribution in [3.8, 4) is 33.5 Å². The van der Waals surface area contributed by atoms with Crippen LogP contribution in [0, 0.1) is 6.57 Å². The molecular weight excluding hydrogens is 406 g/mol. The number of nitrogens with zero attached hydrogens (tertiary/aromatic N) is 3. The molecule has 0 saturated heterocycles. The van der Waals surface area contributed by atoms with Crippen LogP contribution in [0.2, 0.25) is 0 Å². The van der Waals surface area contributed by atoms with Gasteiger partial charge in [0.2, 0.25) is 0 Å². The number of para-hydroxylation sites is 2. The van der Waals surface area contributed by atoms with Crippen LogP contribution >= 0.6 is 0 Å². The van der Waals surface area contributed by atoms with Gasteiger partial charge in [-0.1, -0.05) is 60.7 Å². The normalized spacial score (nSPS) is 11.0. The maximum atomic E-state index is 7.34. The molecule has 0 amide bonds. The maximum Gasteiger partial charge on any atom is 0.187 e. The number of benzene rings is 3. The van der Waals surface area contributed by atoms with Crippen LogP contribution in [0.15, 0.2) is 108 Å². The summed E-state index contributed by atoms with van der Waals surface area (Å²) >= 11 is 0. The van der Waals surface area contributed by atoms with Crippen LogP contribution < -0.4 is 0 Å². The monoisotopic (exact) mass is 423 g/mol. The van der Waals surface area contributed by atoms with Crippen molar-refractivity contribution in [2.75, 3.05) is 0 Å². The van der Waals surface area contributed by atoms with Crippen LogP contribution in [0.1, 0.15) is 0 Å². The van der Waals surface area contributed by atoms with E-state index in [9.17, 15) is 0 Å². The molecule has 0 aliphatic heterocycles. The Morgan fingerprint density at radius 2 is 1.39 bits per heavy atom. The lowest BCUT2D eigenvalue weighted by Crippen LogP contribution is -1.86. The van der Waals surface area contributed by atoms with Crippen LogP contribution in [-0.4, -0.2) is 9.97 Å². The molecule has 0 spiro atoms. The molecule has 0 aliphatic rings. The minimum absolute atomic E-state index is 0.612. The molecule has 0 radical (unpaired) electrons. The van der Waals surface area contributed by atoms with E-state index in [0.29, 0.717) is 5.69 Å². The Labute approximate surface area is 190 Å². The largest absolute Gasteiger partial charge is 0.455 e. The molecule has 0 saturated carbocycles. The highest BCUT2D eigenvalue weighted by Gasteiger charge is 2.16. The summed E-state index contributed by atoms with van der Waals surface area (Å²) in [6, 6.07) is 28.0. The predicted octanol–water partition coefficient (Wildman–Crippen LogP) is 7.93. The van der Waals surface area contributed by atoms with Crippen molar-refractivity contribution in [1.29, 1.82) is 0 Å². The van der Waals surface area contributed by atoms with E-state index < -0.39 is 0 Å². The van der Waals surface area contributed by atoms with Gasteiger partial charge in [0.15, 0.2) is 5.69 Å². The Morgan fingerprint density at radius 1 is 0.667 bits per heavy atom. The summed E-state index contributed by atoms with van der Waals surface area (Å²) in [4.78, 5) is 12.4. The van der Waals surface area contributed by atoms with Crippen molar-refractivity contribution in [2.24, 2.45) is 0 Å². The molecule has 0 unspecified atom stereocenters. The molecule has 3 heterocycles. The highest BCUT2D eigenvalue weighted by Crippen LogP contribution is 2.40. The van der Waals surface area contributed by atoms with Crippen molar-refractivity contribution < 1.29 is 4.42 Å². The number of rotatable bonds is 3. The van der Waals surface area contributed by atoms with Crippen molar-refractivity contribution in [1.82, 2.24) is 9.97 Å². The first-order valence-electron chi connectivity index (χ1n) is 10.6. The quantitative estimate of drug-likeness (QED) is 0.271. The molecule has 6 rings (SSSR count). The topological polar surface area (TPSA) is 43.3 Å². The molecule has 33 heavy (non-hydrogen) atoms. The van der Waals surface area contributed by atoms with Gasteiger partial charge in [-0.3, -0.25) is 9.97 Å². The summed E-state index contributed by atoms with van der Waals surface area (Å²) in [5.41, 5.74) is 8.06. The number of hydrogen-bond acceptors (Lipinski definition) is 3. The maximum absolute atomic E-state index is 7.34. The van der Waals surface area contributed by atoms with Crippen LogP contribution in [0.25, 0.3) is 60.3 Å². The summed E-state index contributed by atoms with van der Waals surface area (Å²) < 4.78 is 6.50. The van der Waals surface area contributed by atoms with Crippen LogP contribution in [0.4, 0.5) is 5.69 Å². The predicted molar refractivity (Wildman–Crippen MR) is 132 cm³/mol. The van der Waals surface area contributed by atoms with E-state index in [0.717, 1.165) is 55.4 Å². The number of aromatic nitrogens is 2. The van der Waals surface area contributed by atoms with Gasteiger partial charge in [-0.05, 0) is 29.8 Å². The summed E-state index contributed by atoms with van der Waals surface area (Å²) in [6.07, 6.45) is 5.45. The number of fused-ring (bicyclic) bond motifs is 3. The van der Waals surface area contributed by atoms with Gasteiger partial charge in [0.05, 0.1) is 12.3 Å². The zero-order valence-electron chi connectivity index (χ0n) is 17.6. The Morgan fingerprint density at radius 3 is 2.06 bits per heavy atom. The van der Waals surface area contributed by atoms with E-state index in [1.807, 2.05) is 73.1 Å². The van der Waals surface area contributed by atoms with Gasteiger partial charge in [-0.15, -0.1) is 0 Å². The first kappa shape index (κ1) is 19.0. The summed E-state index contributed by atoms with van der Waals surface area (Å²) in [5, 5.41) is 2.11. The van der Waals surface area contributed by atoms with E-state index in [2.05, 4.69) is 39.1 Å². The number of pyridine rings is 2. The highest BCUT2D eigenvalue weighted by atomic mass is 16.3. The fourth-order valence-corrected chi connectivity index (χ4v) is 4.26. The minimum atomic E-state index is 0.612. The molecule has 4 nitrogen and oxygen atoms in total. The molecule has 0 fully saturated rings. The summed E-state index contributed by atoms with van der Waals surface area (Å²) in [5.74, 6) is 0. The third kappa shape index (κ3) is 3.24. The molecule has 3 aromatic carbocycles. The fraction of sp³-hybridized carbons (Fsp3) is 0. The van der Waals surface area contributed by atoms with Gasteiger partial charge in [0.25, 0.3) is 0 Å². The molecular formula is C29H17N3O. The van der Waals surface area contributed by atoms with Crippen LogP contribution in [0.3, 0.4) is 0 Å². The first-order chi connectivity index (χ1) is 16.3. The standard InChI is InChI=1S/C29H17N3O/c1-30-22-8-2-6-19(16-22)23-9-3-11-25-26-12-4-10-24(29(26)33-28(23)25)20-13-14-27(32-18-20)21-7-5-15-31-17-21/h2-18H. The first-order valence-corrected chi connectivity index (χ1v) is 10.6. The summed E-state index contributed by atoms with van der Waals surface area (Å²) in [6.45, 7) is 7.34. The van der Waals surface area contributed by atoms with Crippen molar-refractivity contribution >= 4 is 27.6 Å². The number of furan rings is 1. The molecule has 6 aromatic rings. The zero-order chi connectivity index (χ0) is 22.2. The Balaban J connectivity index is 1.51. The number of hydrogen-bond donors (Lipinski definition) is 0. The van der Waals surface area contributed by atoms with Crippen LogP contribution in [-0.2, 0) is 0 Å². The highest BCUT2D eigenvalue weighted by molar-refractivity contribution is 6.13. The molecule has 0 aliphatic carbocycles. The SMILES string of the molecule is [C-]#[N+]c1cccc(-c2cccc3c2oc2c(-c4ccc(-c5cccnc5)nc4)cccc23)c1. The lowest BCUT2D eigenvalue weighted by atomic mass is 10.0. The Bertz CT molecular complexity index is 1660. The molecule has 0 atom stereocenters. The second kappa shape index (κ2) is 7.74. The van der Waals surface area contributed by atoms with E-state index in [1.165, 1.54) is 0 Å². The lowest BCUT2D eigenvalue weighted by Gasteiger charge is -2.05. The van der Waals surface area contributed by atoms with Gasteiger partial charge in [-0.2, -0.15) is 0 Å². The van der Waals surface area contributed by atoms with Gasteiger partial charge >= 0.3 is 0 Å². The van der Waals surface area contributed by atoms with E-state index in [4.69, 9.17) is 11.0 Å². The third-order valence-corrected chi connectivity index (χ3v) is 5.84. The second-order valence-corrected chi connectivity index (χ2v) is 7.80. The third-order valence-electron chi connectivity index (χ3n) is 5.84. The fourth-order valence-electron chi connectivity index (χ4n) is 4.26. The van der Waals surface area contributed by atoms with Crippen molar-refractivity contribution in [2.45, 2.75) is 0 Å². The molecule has 0 N–H and O–H groups in total. The smallest absolute Gasteiger partial charge is 0.187 e. The summed E-state index contributed by atoms with van der Waals surface area (Å²) in [7, 11) is 0. The second-order valence-electron chi connectivity index (χ2n) is 7.80. The van der Waals surface area contributed by atoms with Gasteiger partial charge < -0.3 is 4.42 Å². The zero-order valence-corrected chi connectivity index (χ0v) is 17.6. The van der Waals surface area contributed by atoms with E-state index in [-0.39, 0.29) is 0 Å². The lowest BCUT2D eigenvalue weighted by molar-refractivity contribution is 0.671. The molecule has 154 valence electrons. The van der Waals surface area contributed by atoms with Crippen LogP contribution in [0.5, 0.6) is 0 Å². The Kier molecular flexibility index (Phi) is 4.45. The van der Waals surface area contributed by atoms with Crippen molar-refractivity contribution in [3.63, 3.8) is 0 Å². The van der Waals surface area contributed by atoms with Crippen molar-refractivity contribution in [3.05, 3.63) is 115 Å². The van der Waals surface area contributed by atoms with Gasteiger partial charge in [0.1, 0.15) is 11.2 Å². The minimum Gasteiger partial charge on any atom is -0.455 e. The molecule has 4 heteroatoms. The molecule has 0 bridgehead atoms. The molecule has 3 aromatic heterocycles. The average Bonchev–Trinajstić information content (AvgIpc) is 3.28. The van der Waals surface area contributed by atoms with E-state index in [1.54, 1.807) is 6.20 Å². The van der Waals surface area contributed by atoms with Gasteiger partial charge in [0, 0.05) is 51.6 Å². The average molecular weight is 423 g/mol. The van der Waals surface area contributed by atoms with E-state index >= 15 is 0 Å². The van der Waals surface area contributed by atoms with Gasteiger partial charge in [-0.25, -0.2) is 4.85 Å². The Hall–Kier alpha value is -4.75.